The van der Waals surface area contributed by atoms with Gasteiger partial charge in [0.2, 0.25) is 11.8 Å². The minimum atomic E-state index is -0.895. The van der Waals surface area contributed by atoms with Crippen LogP contribution in [0.1, 0.15) is 27.2 Å². The number of aliphatic hydroxyl groups excluding tert-OH is 1. The van der Waals surface area contributed by atoms with Gasteiger partial charge in [-0.25, -0.2) is 0 Å². The second-order valence-electron chi connectivity index (χ2n) is 12.1. The molecule has 43 heavy (non-hydrogen) atoms. The highest BCUT2D eigenvalue weighted by molar-refractivity contribution is 8.02. The quantitative estimate of drug-likeness (QED) is 0.338. The zero-order valence-electron chi connectivity index (χ0n) is 24.9. The van der Waals surface area contributed by atoms with Crippen LogP contribution in [0.3, 0.4) is 0 Å². The van der Waals surface area contributed by atoms with Crippen LogP contribution < -0.4 is 9.80 Å². The number of halogens is 1. The number of hydrogen-bond donors (Lipinski definition) is 1. The molecule has 2 aromatic carbocycles. The molecular weight excluding hydrogens is 582 g/mol. The van der Waals surface area contributed by atoms with Gasteiger partial charge in [-0.2, -0.15) is 0 Å². The molecule has 0 aromatic heterocycles. The Bertz CT molecular complexity index is 1400. The predicted molar refractivity (Wildman–Crippen MR) is 174 cm³/mol. The molecule has 0 saturated carbocycles. The molecule has 3 amide bonds. The number of rotatable bonds is 11. The fourth-order valence-electron chi connectivity index (χ4n) is 7.49. The van der Waals surface area contributed by atoms with E-state index in [1.807, 2.05) is 50.2 Å². The third-order valence-electron chi connectivity index (χ3n) is 9.38. The molecule has 7 atom stereocenters. The topological polar surface area (TPSA) is 81.2 Å². The number of benzene rings is 2. The number of thioether (sulfide) groups is 1. The molecule has 0 radical (unpaired) electrons. The van der Waals surface area contributed by atoms with Crippen molar-refractivity contribution in [1.29, 1.82) is 0 Å². The minimum Gasteiger partial charge on any atom is -0.394 e. The highest BCUT2D eigenvalue weighted by Gasteiger charge is 2.77. The van der Waals surface area contributed by atoms with Crippen LogP contribution >= 0.6 is 23.4 Å². The van der Waals surface area contributed by atoms with Gasteiger partial charge in [0.05, 0.1) is 39.9 Å². The molecule has 2 bridgehead atoms. The van der Waals surface area contributed by atoms with E-state index in [0.717, 1.165) is 5.69 Å². The monoisotopic (exact) mass is 621 g/mol. The van der Waals surface area contributed by atoms with E-state index in [9.17, 15) is 19.5 Å². The Morgan fingerprint density at radius 1 is 1.07 bits per heavy atom. The average Bonchev–Trinajstić information content (AvgIpc) is 3.59. The summed E-state index contributed by atoms with van der Waals surface area (Å²) in [6.45, 7) is 13.9. The molecule has 3 aliphatic rings. The molecular formula is C34H40ClN3O4S. The first-order valence-electron chi connectivity index (χ1n) is 14.9. The largest absolute Gasteiger partial charge is 0.394 e. The summed E-state index contributed by atoms with van der Waals surface area (Å²) in [6, 6.07) is 15.1. The van der Waals surface area contributed by atoms with Crippen LogP contribution in [0.15, 0.2) is 79.9 Å². The van der Waals surface area contributed by atoms with E-state index in [1.165, 1.54) is 0 Å². The van der Waals surface area contributed by atoms with Crippen molar-refractivity contribution >= 4 is 52.5 Å². The first-order valence-corrected chi connectivity index (χ1v) is 16.1. The number of carbonyl (C=O) groups is 3. The summed E-state index contributed by atoms with van der Waals surface area (Å²) in [5.41, 5.74) is 1.27. The number of nitrogens with zero attached hydrogens (tertiary/aromatic N) is 3. The Hall–Kier alpha value is -3.07. The summed E-state index contributed by atoms with van der Waals surface area (Å²) in [7, 11) is 0. The van der Waals surface area contributed by atoms with Crippen molar-refractivity contribution in [3.8, 4) is 0 Å². The van der Waals surface area contributed by atoms with Crippen LogP contribution in [0, 0.1) is 23.7 Å². The Morgan fingerprint density at radius 3 is 2.30 bits per heavy atom. The maximum Gasteiger partial charge on any atom is 0.251 e. The van der Waals surface area contributed by atoms with Crippen molar-refractivity contribution in [2.75, 3.05) is 29.5 Å². The smallest absolute Gasteiger partial charge is 0.251 e. The van der Waals surface area contributed by atoms with Crippen molar-refractivity contribution in [2.24, 2.45) is 23.7 Å². The number of aliphatic hydroxyl groups is 1. The van der Waals surface area contributed by atoms with Gasteiger partial charge in [0.15, 0.2) is 0 Å². The second-order valence-corrected chi connectivity index (χ2v) is 14.0. The minimum absolute atomic E-state index is 0.0210. The fourth-order valence-corrected chi connectivity index (χ4v) is 10.1. The van der Waals surface area contributed by atoms with Gasteiger partial charge in [0.25, 0.3) is 5.91 Å². The number of anilines is 2. The third kappa shape index (κ3) is 5.01. The lowest BCUT2D eigenvalue weighted by atomic mass is 9.65. The Kier molecular flexibility index (Phi) is 9.12. The maximum atomic E-state index is 14.9. The van der Waals surface area contributed by atoms with Crippen LogP contribution in [0.4, 0.5) is 11.4 Å². The summed E-state index contributed by atoms with van der Waals surface area (Å²) in [6.07, 6.45) is 4.04. The van der Waals surface area contributed by atoms with Crippen molar-refractivity contribution < 1.29 is 19.5 Å². The number of likely N-dealkylation sites (tertiary alicyclic amines) is 1. The lowest BCUT2D eigenvalue weighted by Gasteiger charge is -2.43. The molecule has 1 N–H and O–H groups in total. The molecule has 3 unspecified atom stereocenters. The lowest BCUT2D eigenvalue weighted by Crippen LogP contribution is -2.60. The second kappa shape index (κ2) is 12.5. The van der Waals surface area contributed by atoms with Gasteiger partial charge in [0, 0.05) is 24.0 Å². The molecule has 3 saturated heterocycles. The molecule has 3 fully saturated rings. The van der Waals surface area contributed by atoms with Crippen LogP contribution in [-0.2, 0) is 14.4 Å². The summed E-state index contributed by atoms with van der Waals surface area (Å²) in [5, 5.41) is 10.9. The molecule has 9 heteroatoms. The maximum absolute atomic E-state index is 14.9. The number of fused-ring (bicyclic) bond motifs is 1. The predicted octanol–water partition coefficient (Wildman–Crippen LogP) is 5.43. The van der Waals surface area contributed by atoms with Crippen LogP contribution in [0.5, 0.6) is 0 Å². The third-order valence-corrected chi connectivity index (χ3v) is 11.8. The van der Waals surface area contributed by atoms with Crippen LogP contribution in [0.2, 0.25) is 5.02 Å². The summed E-state index contributed by atoms with van der Waals surface area (Å²) in [4.78, 5) is 49.1. The number of amides is 3. The van der Waals surface area contributed by atoms with Crippen molar-refractivity contribution in [1.82, 2.24) is 4.90 Å². The first-order chi connectivity index (χ1) is 20.6. The van der Waals surface area contributed by atoms with Crippen molar-refractivity contribution in [3.05, 3.63) is 84.9 Å². The zero-order valence-corrected chi connectivity index (χ0v) is 26.5. The van der Waals surface area contributed by atoms with Gasteiger partial charge >= 0.3 is 0 Å². The summed E-state index contributed by atoms with van der Waals surface area (Å²) in [5.74, 6) is -2.13. The summed E-state index contributed by atoms with van der Waals surface area (Å²) >= 11 is 8.22. The Balaban J connectivity index is 1.65. The van der Waals surface area contributed by atoms with E-state index < -0.39 is 28.7 Å². The molecule has 3 aliphatic heterocycles. The van der Waals surface area contributed by atoms with Crippen LogP contribution in [-0.4, -0.2) is 69.5 Å². The van der Waals surface area contributed by atoms with Gasteiger partial charge < -0.3 is 19.8 Å². The molecule has 1 spiro atoms. The lowest BCUT2D eigenvalue weighted by molar-refractivity contribution is -0.142. The van der Waals surface area contributed by atoms with Crippen LogP contribution in [0.25, 0.3) is 0 Å². The number of para-hydroxylation sites is 2. The molecule has 228 valence electrons. The fraction of sp³-hybridized carbons (Fsp3) is 0.441. The summed E-state index contributed by atoms with van der Waals surface area (Å²) < 4.78 is -0.849. The first kappa shape index (κ1) is 31.4. The highest BCUT2D eigenvalue weighted by Crippen LogP contribution is 2.69. The van der Waals surface area contributed by atoms with Gasteiger partial charge in [-0.1, -0.05) is 74.9 Å². The number of hydrogen-bond acceptors (Lipinski definition) is 5. The van der Waals surface area contributed by atoms with Gasteiger partial charge in [-0.3, -0.25) is 14.4 Å². The molecule has 5 rings (SSSR count). The van der Waals surface area contributed by atoms with Crippen molar-refractivity contribution in [3.63, 3.8) is 0 Å². The Morgan fingerprint density at radius 2 is 1.70 bits per heavy atom. The number of carbonyl (C=O) groups excluding carboxylic acids is 3. The van der Waals surface area contributed by atoms with E-state index in [-0.39, 0.29) is 48.0 Å². The molecule has 2 aromatic rings. The standard InChI is InChI=1S/C34H40ClN3O4S/c1-6-17-36(23-13-9-8-10-14-23)31(40)28-27-19-22(5)34(43-27)29(28)32(41)38(26(20-39)21(3)4)30(34)33(42)37(18-7-2)25-16-12-11-15-24(25)35/h6-16,21-22,26-30,39H,1-2,17-20H2,3-5H3/t22?,26-,27+,28-,29-,30?,34?/m0/s1. The molecule has 0 aliphatic carbocycles. The van der Waals surface area contributed by atoms with Crippen molar-refractivity contribution in [2.45, 2.75) is 49.3 Å². The highest BCUT2D eigenvalue weighted by atomic mass is 35.5. The van der Waals surface area contributed by atoms with E-state index >= 15 is 0 Å². The average molecular weight is 622 g/mol. The van der Waals surface area contributed by atoms with Gasteiger partial charge in [-0.15, -0.1) is 24.9 Å². The molecule has 3 heterocycles. The van der Waals surface area contributed by atoms with Gasteiger partial charge in [0.1, 0.15) is 6.04 Å². The van der Waals surface area contributed by atoms with E-state index in [1.54, 1.807) is 56.8 Å². The van der Waals surface area contributed by atoms with E-state index in [4.69, 9.17) is 11.6 Å². The zero-order chi connectivity index (χ0) is 31.1. The SMILES string of the molecule is C=CCN(C(=O)[C@@H]1[C@H]2C(=O)N([C@@H](CO)C(C)C)C(C(=O)N(CC=C)c3ccccc3Cl)C23S[C@@H]1CC3C)c1ccccc1. The Labute approximate surface area is 263 Å². The van der Waals surface area contributed by atoms with E-state index in [0.29, 0.717) is 23.7 Å². The molecule has 7 nitrogen and oxygen atoms in total. The van der Waals surface area contributed by atoms with E-state index in [2.05, 4.69) is 20.1 Å². The van der Waals surface area contributed by atoms with Gasteiger partial charge in [-0.05, 0) is 42.5 Å². The normalized spacial score (nSPS) is 28.1.